The van der Waals surface area contributed by atoms with E-state index in [0.717, 1.165) is 38.8 Å². The van der Waals surface area contributed by atoms with E-state index in [4.69, 9.17) is 0 Å². The lowest BCUT2D eigenvalue weighted by molar-refractivity contribution is -0.135. The molecule has 2 fully saturated rings. The molecule has 22 heavy (non-hydrogen) atoms. The molecule has 2 amide bonds. The minimum atomic E-state index is -0.350. The molecule has 0 spiro atoms. The number of halogens is 1. The molecule has 0 aromatic heterocycles. The number of amides is 2. The molecule has 0 saturated carbocycles. The number of likely N-dealkylation sites (tertiary alicyclic amines) is 2. The van der Waals surface area contributed by atoms with Crippen molar-refractivity contribution in [3.05, 3.63) is 35.6 Å². The van der Waals surface area contributed by atoms with E-state index in [1.807, 2.05) is 4.90 Å². The van der Waals surface area contributed by atoms with Gasteiger partial charge in [0.05, 0.1) is 5.92 Å². The summed E-state index contributed by atoms with van der Waals surface area (Å²) in [6.07, 6.45) is 3.85. The predicted molar refractivity (Wildman–Crippen MR) is 80.8 cm³/mol. The van der Waals surface area contributed by atoms with E-state index in [1.165, 1.54) is 24.3 Å². The largest absolute Gasteiger partial charge is 0.342 e. The quantitative estimate of drug-likeness (QED) is 0.841. The number of carbonyl (C=O) groups excluding carboxylic acids is 2. The maximum Gasteiger partial charge on any atom is 0.253 e. The summed E-state index contributed by atoms with van der Waals surface area (Å²) in [5.41, 5.74) is 0.482. The second-order valence-electron chi connectivity index (χ2n) is 6.13. The minimum absolute atomic E-state index is 0.0868. The first-order valence-electron chi connectivity index (χ1n) is 7.99. The van der Waals surface area contributed by atoms with Gasteiger partial charge < -0.3 is 9.80 Å². The van der Waals surface area contributed by atoms with Gasteiger partial charge in [0, 0.05) is 31.7 Å². The molecule has 4 nitrogen and oxygen atoms in total. The van der Waals surface area contributed by atoms with E-state index in [9.17, 15) is 14.0 Å². The van der Waals surface area contributed by atoms with Gasteiger partial charge in [-0.05, 0) is 49.9 Å². The molecule has 2 saturated heterocycles. The third-order valence-corrected chi connectivity index (χ3v) is 4.57. The highest BCUT2D eigenvalue weighted by Crippen LogP contribution is 2.22. The smallest absolute Gasteiger partial charge is 0.253 e. The summed E-state index contributed by atoms with van der Waals surface area (Å²) in [4.78, 5) is 28.6. The monoisotopic (exact) mass is 304 g/mol. The van der Waals surface area contributed by atoms with E-state index in [-0.39, 0.29) is 23.5 Å². The molecule has 0 radical (unpaired) electrons. The van der Waals surface area contributed by atoms with Gasteiger partial charge in [0.15, 0.2) is 0 Å². The van der Waals surface area contributed by atoms with Crippen LogP contribution < -0.4 is 0 Å². The third-order valence-electron chi connectivity index (χ3n) is 4.57. The van der Waals surface area contributed by atoms with Crippen LogP contribution >= 0.6 is 0 Å². The van der Waals surface area contributed by atoms with Crippen LogP contribution in [0.25, 0.3) is 0 Å². The van der Waals surface area contributed by atoms with Crippen LogP contribution in [0.2, 0.25) is 0 Å². The van der Waals surface area contributed by atoms with Crippen LogP contribution in [0.15, 0.2) is 24.3 Å². The zero-order valence-corrected chi connectivity index (χ0v) is 12.6. The molecule has 1 aromatic rings. The molecule has 2 aliphatic heterocycles. The van der Waals surface area contributed by atoms with E-state index >= 15 is 0 Å². The molecule has 2 heterocycles. The highest BCUT2D eigenvalue weighted by atomic mass is 19.1. The zero-order chi connectivity index (χ0) is 15.5. The maximum atomic E-state index is 13.0. The third kappa shape index (κ3) is 3.13. The highest BCUT2D eigenvalue weighted by Gasteiger charge is 2.32. The Kier molecular flexibility index (Phi) is 4.41. The van der Waals surface area contributed by atoms with Crippen LogP contribution in [0.1, 0.15) is 36.0 Å². The van der Waals surface area contributed by atoms with E-state index < -0.39 is 0 Å². The van der Waals surface area contributed by atoms with Gasteiger partial charge >= 0.3 is 0 Å². The Bertz CT molecular complexity index is 552. The zero-order valence-electron chi connectivity index (χ0n) is 12.6. The Morgan fingerprint density at radius 2 is 1.59 bits per heavy atom. The van der Waals surface area contributed by atoms with Crippen LogP contribution in [0.4, 0.5) is 4.39 Å². The number of nitrogens with zero attached hydrogens (tertiary/aromatic N) is 2. The molecule has 0 bridgehead atoms. The molecule has 1 atom stereocenters. The van der Waals surface area contributed by atoms with Crippen molar-refractivity contribution < 1.29 is 14.0 Å². The Balaban J connectivity index is 1.65. The van der Waals surface area contributed by atoms with Gasteiger partial charge in [-0.15, -0.1) is 0 Å². The lowest BCUT2D eigenvalue weighted by Crippen LogP contribution is -2.46. The summed E-state index contributed by atoms with van der Waals surface area (Å²) < 4.78 is 13.0. The molecule has 3 rings (SSSR count). The number of carbonyl (C=O) groups is 2. The van der Waals surface area contributed by atoms with Crippen LogP contribution in [0, 0.1) is 11.7 Å². The fourth-order valence-electron chi connectivity index (χ4n) is 3.33. The van der Waals surface area contributed by atoms with Crippen molar-refractivity contribution in [3.63, 3.8) is 0 Å². The van der Waals surface area contributed by atoms with Gasteiger partial charge in [0.2, 0.25) is 5.91 Å². The SMILES string of the molecule is O=C(c1ccc(F)cc1)N1CCCC(C(=O)N2CCCC2)C1. The molecule has 5 heteroatoms. The average Bonchev–Trinajstić information content (AvgIpc) is 3.09. The molecule has 2 aliphatic rings. The van der Waals surface area contributed by atoms with Gasteiger partial charge in [-0.1, -0.05) is 0 Å². The average molecular weight is 304 g/mol. The highest BCUT2D eigenvalue weighted by molar-refractivity contribution is 5.94. The first-order valence-corrected chi connectivity index (χ1v) is 7.99. The first-order chi connectivity index (χ1) is 10.6. The topological polar surface area (TPSA) is 40.6 Å². The number of hydrogen-bond acceptors (Lipinski definition) is 2. The van der Waals surface area contributed by atoms with Gasteiger partial charge in [-0.25, -0.2) is 4.39 Å². The lowest BCUT2D eigenvalue weighted by Gasteiger charge is -2.34. The van der Waals surface area contributed by atoms with Crippen LogP contribution in [0.5, 0.6) is 0 Å². The molecular formula is C17H21FN2O2. The van der Waals surface area contributed by atoms with Crippen LogP contribution in [-0.4, -0.2) is 47.8 Å². The number of rotatable bonds is 2. The standard InChI is InChI=1S/C17H21FN2O2/c18-15-7-5-13(6-8-15)16(21)20-11-3-4-14(12-20)17(22)19-9-1-2-10-19/h5-8,14H,1-4,9-12H2. The van der Waals surface area contributed by atoms with E-state index in [2.05, 4.69) is 0 Å². The lowest BCUT2D eigenvalue weighted by atomic mass is 9.96. The van der Waals surface area contributed by atoms with Crippen molar-refractivity contribution >= 4 is 11.8 Å². The Morgan fingerprint density at radius 3 is 2.27 bits per heavy atom. The van der Waals surface area contributed by atoms with Crippen LogP contribution in [-0.2, 0) is 4.79 Å². The van der Waals surface area contributed by atoms with Crippen molar-refractivity contribution in [1.29, 1.82) is 0 Å². The van der Waals surface area contributed by atoms with Gasteiger partial charge in [-0.2, -0.15) is 0 Å². The number of benzene rings is 1. The van der Waals surface area contributed by atoms with Gasteiger partial charge in [-0.3, -0.25) is 9.59 Å². The van der Waals surface area contributed by atoms with Crippen molar-refractivity contribution in [2.45, 2.75) is 25.7 Å². The van der Waals surface area contributed by atoms with Crippen molar-refractivity contribution in [2.75, 3.05) is 26.2 Å². The predicted octanol–water partition coefficient (Wildman–Crippen LogP) is 2.30. The fourth-order valence-corrected chi connectivity index (χ4v) is 3.33. The summed E-state index contributed by atoms with van der Waals surface area (Å²) >= 11 is 0. The second-order valence-corrected chi connectivity index (χ2v) is 6.13. The van der Waals surface area contributed by atoms with Crippen molar-refractivity contribution in [2.24, 2.45) is 5.92 Å². The maximum absolute atomic E-state index is 13.0. The summed E-state index contributed by atoms with van der Waals surface area (Å²) in [6.45, 7) is 2.84. The first kappa shape index (κ1) is 15.0. The molecule has 0 N–H and O–H groups in total. The Hall–Kier alpha value is -1.91. The van der Waals surface area contributed by atoms with Gasteiger partial charge in [0.25, 0.3) is 5.91 Å². The molecule has 0 aliphatic carbocycles. The van der Waals surface area contributed by atoms with Gasteiger partial charge in [0.1, 0.15) is 5.82 Å². The number of hydrogen-bond donors (Lipinski definition) is 0. The summed E-state index contributed by atoms with van der Waals surface area (Å²) in [6, 6.07) is 5.60. The summed E-state index contributed by atoms with van der Waals surface area (Å²) in [7, 11) is 0. The summed E-state index contributed by atoms with van der Waals surface area (Å²) in [5, 5.41) is 0. The van der Waals surface area contributed by atoms with Crippen molar-refractivity contribution in [1.82, 2.24) is 9.80 Å². The second kappa shape index (κ2) is 6.46. The molecule has 1 aromatic carbocycles. The molecule has 118 valence electrons. The fraction of sp³-hybridized carbons (Fsp3) is 0.529. The van der Waals surface area contributed by atoms with Crippen molar-refractivity contribution in [3.8, 4) is 0 Å². The molecule has 1 unspecified atom stereocenters. The normalized spacial score (nSPS) is 22.0. The van der Waals surface area contributed by atoms with Crippen LogP contribution in [0.3, 0.4) is 0 Å². The molecular weight excluding hydrogens is 283 g/mol. The number of piperidine rings is 1. The Labute approximate surface area is 129 Å². The Morgan fingerprint density at radius 1 is 0.955 bits per heavy atom. The minimum Gasteiger partial charge on any atom is -0.342 e. The van der Waals surface area contributed by atoms with E-state index in [1.54, 1.807) is 4.90 Å². The van der Waals surface area contributed by atoms with E-state index in [0.29, 0.717) is 18.7 Å². The summed E-state index contributed by atoms with van der Waals surface area (Å²) in [5.74, 6) is -0.360.